The zero-order chi connectivity index (χ0) is 16.3. The van der Waals surface area contributed by atoms with Crippen LogP contribution in [0.15, 0.2) is 46.2 Å². The predicted molar refractivity (Wildman–Crippen MR) is 84.6 cm³/mol. The van der Waals surface area contributed by atoms with Gasteiger partial charge in [0.1, 0.15) is 16.1 Å². The van der Waals surface area contributed by atoms with Crippen LogP contribution in [-0.4, -0.2) is 8.42 Å². The van der Waals surface area contributed by atoms with Crippen molar-refractivity contribution in [2.24, 2.45) is 0 Å². The third-order valence-corrected chi connectivity index (χ3v) is 4.98. The van der Waals surface area contributed by atoms with Crippen molar-refractivity contribution in [1.29, 1.82) is 5.26 Å². The summed E-state index contributed by atoms with van der Waals surface area (Å²) in [4.78, 5) is 0.329. The molecule has 0 radical (unpaired) electrons. The van der Waals surface area contributed by atoms with E-state index in [4.69, 9.17) is 5.26 Å². The number of hydrogen-bond acceptors (Lipinski definition) is 4. The van der Waals surface area contributed by atoms with E-state index >= 15 is 0 Å². The largest absolute Gasteiger partial charge is 0.279 e. The molecule has 0 fully saturated rings. The molecule has 1 N–H and O–H groups in total. The van der Waals surface area contributed by atoms with Crippen molar-refractivity contribution in [2.45, 2.75) is 23.6 Å². The summed E-state index contributed by atoms with van der Waals surface area (Å²) in [5, 5.41) is 10.7. The molecule has 0 saturated carbocycles. The van der Waals surface area contributed by atoms with Crippen molar-refractivity contribution in [3.8, 4) is 5.40 Å². The number of thioether (sulfide) groups is 1. The highest BCUT2D eigenvalue weighted by Gasteiger charge is 2.20. The van der Waals surface area contributed by atoms with Gasteiger partial charge in [-0.05, 0) is 61.0 Å². The molecule has 0 heterocycles. The smallest absolute Gasteiger partial charge is 0.264 e. The number of anilines is 1. The van der Waals surface area contributed by atoms with E-state index in [0.29, 0.717) is 16.8 Å². The molecule has 0 saturated heterocycles. The average Bonchev–Trinajstić information content (AvgIpc) is 2.43. The molecule has 4 nitrogen and oxygen atoms in total. The van der Waals surface area contributed by atoms with Gasteiger partial charge in [0, 0.05) is 4.90 Å². The monoisotopic (exact) mass is 336 g/mol. The van der Waals surface area contributed by atoms with E-state index in [0.717, 1.165) is 22.7 Å². The molecule has 114 valence electrons. The lowest BCUT2D eigenvalue weighted by Gasteiger charge is -2.14. The maximum absolute atomic E-state index is 13.7. The maximum Gasteiger partial charge on any atom is 0.264 e. The van der Waals surface area contributed by atoms with Crippen LogP contribution in [0.25, 0.3) is 0 Å². The second kappa shape index (κ2) is 6.38. The molecule has 0 aliphatic carbocycles. The highest BCUT2D eigenvalue weighted by atomic mass is 32.2. The van der Waals surface area contributed by atoms with Crippen molar-refractivity contribution in [3.05, 3.63) is 53.3 Å². The Morgan fingerprint density at radius 1 is 1.18 bits per heavy atom. The first kappa shape index (κ1) is 16.3. The highest BCUT2D eigenvalue weighted by molar-refractivity contribution is 8.03. The number of thiocyanates is 1. The Labute approximate surface area is 133 Å². The van der Waals surface area contributed by atoms with E-state index in [1.54, 1.807) is 26.0 Å². The number of nitrogens with one attached hydrogen (secondary N) is 1. The molecule has 2 aromatic rings. The van der Waals surface area contributed by atoms with Crippen LogP contribution in [0.2, 0.25) is 0 Å². The SMILES string of the molecule is Cc1cc(SC#N)cc(C)c1NS(=O)(=O)c1ccccc1F. The van der Waals surface area contributed by atoms with Crippen LogP contribution in [0, 0.1) is 30.3 Å². The highest BCUT2D eigenvalue weighted by Crippen LogP contribution is 2.29. The van der Waals surface area contributed by atoms with Crippen molar-refractivity contribution >= 4 is 27.5 Å². The molecular weight excluding hydrogens is 323 g/mol. The number of halogens is 1. The van der Waals surface area contributed by atoms with E-state index in [2.05, 4.69) is 4.72 Å². The number of rotatable bonds is 4. The normalized spacial score (nSPS) is 11.0. The Morgan fingerprint density at radius 2 is 1.77 bits per heavy atom. The van der Waals surface area contributed by atoms with Gasteiger partial charge in [-0.1, -0.05) is 12.1 Å². The summed E-state index contributed by atoms with van der Waals surface area (Å²) >= 11 is 0.997. The average molecular weight is 336 g/mol. The summed E-state index contributed by atoms with van der Waals surface area (Å²) in [6.45, 7) is 3.46. The van der Waals surface area contributed by atoms with E-state index in [1.165, 1.54) is 18.2 Å². The summed E-state index contributed by atoms with van der Waals surface area (Å²) in [6, 6.07) is 8.62. The van der Waals surface area contributed by atoms with Gasteiger partial charge in [0.05, 0.1) is 5.69 Å². The molecule has 0 amide bonds. The number of nitrogens with zero attached hydrogens (tertiary/aromatic N) is 1. The van der Waals surface area contributed by atoms with Crippen LogP contribution in [-0.2, 0) is 10.0 Å². The van der Waals surface area contributed by atoms with Gasteiger partial charge in [0.2, 0.25) is 0 Å². The van der Waals surface area contributed by atoms with Gasteiger partial charge in [-0.2, -0.15) is 5.26 Å². The van der Waals surface area contributed by atoms with Gasteiger partial charge >= 0.3 is 0 Å². The fourth-order valence-corrected chi connectivity index (χ4v) is 3.91. The van der Waals surface area contributed by atoms with E-state index < -0.39 is 20.7 Å². The fraction of sp³-hybridized carbons (Fsp3) is 0.133. The van der Waals surface area contributed by atoms with Gasteiger partial charge < -0.3 is 0 Å². The Kier molecular flexibility index (Phi) is 4.74. The Morgan fingerprint density at radius 3 is 2.32 bits per heavy atom. The van der Waals surface area contributed by atoms with Gasteiger partial charge in [0.25, 0.3) is 10.0 Å². The fourth-order valence-electron chi connectivity index (χ4n) is 2.05. The number of benzene rings is 2. The summed E-state index contributed by atoms with van der Waals surface area (Å²) in [7, 11) is -4.01. The lowest BCUT2D eigenvalue weighted by atomic mass is 10.1. The van der Waals surface area contributed by atoms with Crippen molar-refractivity contribution in [2.75, 3.05) is 4.72 Å². The molecule has 2 aromatic carbocycles. The van der Waals surface area contributed by atoms with Gasteiger partial charge in [-0.3, -0.25) is 4.72 Å². The van der Waals surface area contributed by atoms with Crippen molar-refractivity contribution < 1.29 is 12.8 Å². The van der Waals surface area contributed by atoms with E-state index in [-0.39, 0.29) is 0 Å². The second-order valence-electron chi connectivity index (χ2n) is 4.66. The molecule has 22 heavy (non-hydrogen) atoms. The molecular formula is C15H13FN2O2S2. The van der Waals surface area contributed by atoms with E-state index in [9.17, 15) is 12.8 Å². The first-order valence-electron chi connectivity index (χ1n) is 6.29. The van der Waals surface area contributed by atoms with Crippen molar-refractivity contribution in [3.63, 3.8) is 0 Å². The number of aryl methyl sites for hydroxylation is 2. The Hall–Kier alpha value is -2.04. The minimum atomic E-state index is -4.01. The minimum absolute atomic E-state index is 0.394. The maximum atomic E-state index is 13.7. The van der Waals surface area contributed by atoms with Crippen LogP contribution in [0.1, 0.15) is 11.1 Å². The molecule has 0 bridgehead atoms. The third-order valence-electron chi connectivity index (χ3n) is 3.03. The summed E-state index contributed by atoms with van der Waals surface area (Å²) in [6.07, 6.45) is 0. The first-order chi connectivity index (χ1) is 10.3. The first-order valence-corrected chi connectivity index (χ1v) is 8.59. The molecule has 2 rings (SSSR count). The van der Waals surface area contributed by atoms with Gasteiger partial charge in [-0.15, -0.1) is 0 Å². The number of hydrogen-bond donors (Lipinski definition) is 1. The Balaban J connectivity index is 2.43. The van der Waals surface area contributed by atoms with Crippen molar-refractivity contribution in [1.82, 2.24) is 0 Å². The molecule has 0 aliphatic rings. The van der Waals surface area contributed by atoms with E-state index in [1.807, 2.05) is 5.40 Å². The zero-order valence-corrected chi connectivity index (χ0v) is 13.6. The van der Waals surface area contributed by atoms with Crippen LogP contribution < -0.4 is 4.72 Å². The lowest BCUT2D eigenvalue weighted by molar-refractivity contribution is 0.570. The zero-order valence-electron chi connectivity index (χ0n) is 11.9. The number of nitriles is 1. The van der Waals surface area contributed by atoms with Crippen LogP contribution in [0.5, 0.6) is 0 Å². The van der Waals surface area contributed by atoms with Crippen LogP contribution in [0.4, 0.5) is 10.1 Å². The minimum Gasteiger partial charge on any atom is -0.279 e. The predicted octanol–water partition coefficient (Wildman–Crippen LogP) is 3.82. The Bertz CT molecular complexity index is 835. The van der Waals surface area contributed by atoms with Gasteiger partial charge in [-0.25, -0.2) is 12.8 Å². The molecule has 0 spiro atoms. The number of sulfonamides is 1. The molecule has 0 aliphatic heterocycles. The summed E-state index contributed by atoms with van der Waals surface area (Å²) < 4.78 is 40.8. The topological polar surface area (TPSA) is 70.0 Å². The summed E-state index contributed by atoms with van der Waals surface area (Å²) in [5.41, 5.74) is 1.72. The molecule has 0 unspecified atom stereocenters. The summed E-state index contributed by atoms with van der Waals surface area (Å²) in [5.74, 6) is -0.804. The third kappa shape index (κ3) is 3.40. The second-order valence-corrected chi connectivity index (χ2v) is 7.17. The van der Waals surface area contributed by atoms with Crippen LogP contribution in [0.3, 0.4) is 0 Å². The lowest BCUT2D eigenvalue weighted by Crippen LogP contribution is -2.16. The standard InChI is InChI=1S/C15H13FN2O2S2/c1-10-7-12(21-9-17)8-11(2)15(10)18-22(19,20)14-6-4-3-5-13(14)16/h3-8,18H,1-2H3. The molecule has 0 atom stereocenters. The molecule has 0 aromatic heterocycles. The molecule has 7 heteroatoms. The quantitative estimate of drug-likeness (QED) is 0.681. The van der Waals surface area contributed by atoms with Crippen LogP contribution >= 0.6 is 11.8 Å². The van der Waals surface area contributed by atoms with Gasteiger partial charge in [0.15, 0.2) is 0 Å².